The number of hydrogen-bond donors (Lipinski definition) is 1. The predicted molar refractivity (Wildman–Crippen MR) is 104 cm³/mol. The number of aromatic nitrogens is 3. The molecule has 148 valence electrons. The molecule has 3 heterocycles. The standard InChI is InChI=1S/C21H20FN5O2/c1-26-17-4-9-27-18(24-17)14(11-23-27)19(28)25-20(5-6-20)12-29-16-3-2-13(22)10-15(16)21(26)7-8-21/h2-4,9-11H,5-8,12H2,1H3,(H,25,28)/i1D3. The lowest BCUT2D eigenvalue weighted by Crippen LogP contribution is -2.41. The van der Waals surface area contributed by atoms with Crippen molar-refractivity contribution in [1.29, 1.82) is 0 Å². The molecule has 1 aromatic carbocycles. The first-order valence-corrected chi connectivity index (χ1v) is 9.61. The lowest BCUT2D eigenvalue weighted by atomic mass is 10.0. The summed E-state index contributed by atoms with van der Waals surface area (Å²) in [5.41, 5.74) is -0.512. The van der Waals surface area contributed by atoms with Gasteiger partial charge in [-0.2, -0.15) is 5.10 Å². The monoisotopic (exact) mass is 396 g/mol. The molecule has 8 heteroatoms. The molecule has 0 radical (unpaired) electrons. The Hall–Kier alpha value is -3.16. The van der Waals surface area contributed by atoms with Crippen LogP contribution in [0.1, 0.15) is 45.7 Å². The van der Waals surface area contributed by atoms with Crippen LogP contribution in [0.5, 0.6) is 5.75 Å². The zero-order valence-corrected chi connectivity index (χ0v) is 15.5. The van der Waals surface area contributed by atoms with Crippen LogP contribution in [0.25, 0.3) is 5.65 Å². The number of amides is 1. The van der Waals surface area contributed by atoms with Gasteiger partial charge in [-0.25, -0.2) is 13.9 Å². The van der Waals surface area contributed by atoms with Crippen LogP contribution < -0.4 is 15.0 Å². The Balaban J connectivity index is 1.61. The number of halogens is 1. The highest BCUT2D eigenvalue weighted by molar-refractivity contribution is 6.00. The summed E-state index contributed by atoms with van der Waals surface area (Å²) in [6.07, 6.45) is 5.52. The van der Waals surface area contributed by atoms with Gasteiger partial charge in [-0.3, -0.25) is 4.79 Å². The number of carbonyl (C=O) groups excluding carboxylic acids is 1. The van der Waals surface area contributed by atoms with Crippen molar-refractivity contribution >= 4 is 17.4 Å². The maximum absolute atomic E-state index is 14.3. The van der Waals surface area contributed by atoms with E-state index >= 15 is 0 Å². The largest absolute Gasteiger partial charge is 0.491 e. The van der Waals surface area contributed by atoms with E-state index < -0.39 is 23.9 Å². The molecule has 2 fully saturated rings. The SMILES string of the molecule is [2H]C([2H])([2H])N1c2ccn3ncc(c3n2)C(=O)NC2(CC2)COc2ccc(F)cc2C12CC2. The number of carbonyl (C=O) groups is 1. The lowest BCUT2D eigenvalue weighted by molar-refractivity contribution is 0.0914. The summed E-state index contributed by atoms with van der Waals surface area (Å²) in [6, 6.07) is 5.73. The van der Waals surface area contributed by atoms with E-state index in [0.717, 1.165) is 12.8 Å². The van der Waals surface area contributed by atoms with Crippen LogP contribution in [-0.4, -0.2) is 39.6 Å². The van der Waals surface area contributed by atoms with E-state index in [0.29, 0.717) is 24.2 Å². The Bertz CT molecular complexity index is 1270. The van der Waals surface area contributed by atoms with Crippen LogP contribution in [0.15, 0.2) is 36.7 Å². The summed E-state index contributed by atoms with van der Waals surface area (Å²) in [5, 5.41) is 7.22. The minimum absolute atomic E-state index is 0.167. The van der Waals surface area contributed by atoms with Gasteiger partial charge in [0, 0.05) is 22.8 Å². The lowest BCUT2D eigenvalue weighted by Gasteiger charge is -2.31. The first kappa shape index (κ1) is 13.9. The number of nitrogens with one attached hydrogen (secondary N) is 1. The van der Waals surface area contributed by atoms with E-state index in [1.54, 1.807) is 12.3 Å². The zero-order chi connectivity index (χ0) is 22.3. The van der Waals surface area contributed by atoms with Crippen LogP contribution in [0.4, 0.5) is 10.2 Å². The Morgan fingerprint density at radius 2 is 2.14 bits per heavy atom. The fourth-order valence-electron chi connectivity index (χ4n) is 4.07. The second kappa shape index (κ2) is 5.46. The van der Waals surface area contributed by atoms with E-state index in [9.17, 15) is 9.18 Å². The van der Waals surface area contributed by atoms with Gasteiger partial charge in [0.15, 0.2) is 5.65 Å². The molecule has 7 nitrogen and oxygen atoms in total. The fourth-order valence-corrected chi connectivity index (χ4v) is 4.07. The van der Waals surface area contributed by atoms with E-state index in [1.165, 1.54) is 33.8 Å². The number of fused-ring (bicyclic) bond motifs is 3. The van der Waals surface area contributed by atoms with Crippen molar-refractivity contribution in [2.45, 2.75) is 36.8 Å². The Morgan fingerprint density at radius 1 is 1.28 bits per heavy atom. The van der Waals surface area contributed by atoms with E-state index in [1.807, 2.05) is 0 Å². The molecule has 1 aliphatic heterocycles. The normalized spacial score (nSPS) is 23.1. The summed E-state index contributed by atoms with van der Waals surface area (Å²) >= 11 is 0. The number of anilines is 1. The Morgan fingerprint density at radius 3 is 2.90 bits per heavy atom. The van der Waals surface area contributed by atoms with Gasteiger partial charge in [-0.15, -0.1) is 0 Å². The Labute approximate surface area is 170 Å². The topological polar surface area (TPSA) is 71.8 Å². The highest BCUT2D eigenvalue weighted by Gasteiger charge is 2.52. The molecule has 29 heavy (non-hydrogen) atoms. The van der Waals surface area contributed by atoms with Crippen molar-refractivity contribution in [1.82, 2.24) is 19.9 Å². The van der Waals surface area contributed by atoms with Gasteiger partial charge in [-0.1, -0.05) is 0 Å². The highest BCUT2D eigenvalue weighted by Crippen LogP contribution is 2.54. The average molecular weight is 396 g/mol. The zero-order valence-electron chi connectivity index (χ0n) is 18.5. The van der Waals surface area contributed by atoms with Crippen molar-refractivity contribution in [3.8, 4) is 5.75 Å². The number of ether oxygens (including phenoxy) is 1. The third kappa shape index (κ3) is 2.44. The fraction of sp³-hybridized carbons (Fsp3) is 0.381. The number of benzene rings is 1. The molecule has 0 unspecified atom stereocenters. The van der Waals surface area contributed by atoms with Crippen LogP contribution in [0, 0.1) is 5.82 Å². The van der Waals surface area contributed by atoms with Gasteiger partial charge >= 0.3 is 0 Å². The molecular weight excluding hydrogens is 373 g/mol. The van der Waals surface area contributed by atoms with Crippen molar-refractivity contribution in [3.63, 3.8) is 0 Å². The van der Waals surface area contributed by atoms with E-state index in [-0.39, 0.29) is 29.5 Å². The summed E-state index contributed by atoms with van der Waals surface area (Å²) in [6.45, 7) is -2.36. The summed E-state index contributed by atoms with van der Waals surface area (Å²) in [4.78, 5) is 18.8. The third-order valence-electron chi connectivity index (χ3n) is 6.16. The molecule has 2 bridgehead atoms. The summed E-state index contributed by atoms with van der Waals surface area (Å²) < 4.78 is 46.7. The van der Waals surface area contributed by atoms with Gasteiger partial charge in [0.2, 0.25) is 0 Å². The van der Waals surface area contributed by atoms with Crippen molar-refractivity contribution in [2.75, 3.05) is 18.5 Å². The Kier molecular flexibility index (Phi) is 2.62. The van der Waals surface area contributed by atoms with Crippen LogP contribution in [0.2, 0.25) is 0 Å². The second-order valence-corrected chi connectivity index (χ2v) is 8.14. The van der Waals surface area contributed by atoms with Gasteiger partial charge in [0.05, 0.1) is 17.3 Å². The molecule has 6 rings (SSSR count). The number of nitrogens with zero attached hydrogens (tertiary/aromatic N) is 4. The minimum Gasteiger partial charge on any atom is -0.491 e. The van der Waals surface area contributed by atoms with Crippen LogP contribution in [0.3, 0.4) is 0 Å². The molecule has 1 N–H and O–H groups in total. The maximum Gasteiger partial charge on any atom is 0.257 e. The molecule has 2 saturated carbocycles. The van der Waals surface area contributed by atoms with E-state index in [4.69, 9.17) is 8.85 Å². The second-order valence-electron chi connectivity index (χ2n) is 8.14. The minimum atomic E-state index is -2.56. The molecule has 1 amide bonds. The van der Waals surface area contributed by atoms with E-state index in [2.05, 4.69) is 15.4 Å². The third-order valence-corrected chi connectivity index (χ3v) is 6.16. The molecule has 2 aromatic heterocycles. The van der Waals surface area contributed by atoms with Crippen LogP contribution in [-0.2, 0) is 5.54 Å². The molecule has 2 spiro atoms. The van der Waals surface area contributed by atoms with Crippen LogP contribution >= 0.6 is 0 Å². The van der Waals surface area contributed by atoms with Gasteiger partial charge in [0.1, 0.15) is 29.6 Å². The maximum atomic E-state index is 14.3. The molecule has 3 aliphatic rings. The average Bonchev–Trinajstić information content (AvgIpc) is 3.64. The summed E-state index contributed by atoms with van der Waals surface area (Å²) in [7, 11) is 0. The van der Waals surface area contributed by atoms with Crippen molar-refractivity contribution < 1.29 is 18.0 Å². The number of rotatable bonds is 0. The number of hydrogen-bond acceptors (Lipinski definition) is 5. The first-order valence-electron chi connectivity index (χ1n) is 11.1. The molecular formula is C21H20FN5O2. The van der Waals surface area contributed by atoms with Gasteiger partial charge < -0.3 is 15.0 Å². The van der Waals surface area contributed by atoms with Crippen molar-refractivity contribution in [2.24, 2.45) is 0 Å². The predicted octanol–water partition coefficient (Wildman–Crippen LogP) is 2.65. The summed E-state index contributed by atoms with van der Waals surface area (Å²) in [5.74, 6) is -0.225. The molecule has 0 atom stereocenters. The smallest absolute Gasteiger partial charge is 0.257 e. The molecule has 3 aromatic rings. The van der Waals surface area contributed by atoms with Crippen molar-refractivity contribution in [3.05, 3.63) is 53.6 Å². The quantitative estimate of drug-likeness (QED) is 0.633. The van der Waals surface area contributed by atoms with Gasteiger partial charge in [0.25, 0.3) is 5.91 Å². The first-order chi connectivity index (χ1) is 15.2. The highest BCUT2D eigenvalue weighted by atomic mass is 19.1. The van der Waals surface area contributed by atoms with Gasteiger partial charge in [-0.05, 0) is 49.9 Å². The molecule has 2 aliphatic carbocycles. The molecule has 0 saturated heterocycles.